The van der Waals surface area contributed by atoms with E-state index in [0.717, 1.165) is 28.9 Å². The maximum absolute atomic E-state index is 4.38. The molecule has 16 heavy (non-hydrogen) atoms. The van der Waals surface area contributed by atoms with Crippen molar-refractivity contribution in [2.24, 2.45) is 0 Å². The Bertz CT molecular complexity index is 467. The number of aromatic nitrogens is 3. The topological polar surface area (TPSA) is 42.7 Å². The molecule has 0 saturated heterocycles. The lowest BCUT2D eigenvalue weighted by atomic mass is 10.3. The van der Waals surface area contributed by atoms with E-state index in [0.29, 0.717) is 0 Å². The molecule has 0 radical (unpaired) electrons. The SMILES string of the molecule is CCNCc1cnn(-c2cccc(Br)c2)n1. The van der Waals surface area contributed by atoms with Crippen molar-refractivity contribution in [3.63, 3.8) is 0 Å². The van der Waals surface area contributed by atoms with Crippen molar-refractivity contribution in [2.45, 2.75) is 13.5 Å². The Hall–Kier alpha value is -1.20. The highest BCUT2D eigenvalue weighted by Crippen LogP contribution is 2.13. The van der Waals surface area contributed by atoms with Gasteiger partial charge in [-0.1, -0.05) is 28.9 Å². The molecule has 0 aliphatic carbocycles. The average Bonchev–Trinajstić information content (AvgIpc) is 2.75. The van der Waals surface area contributed by atoms with Crippen LogP contribution in [0.4, 0.5) is 0 Å². The summed E-state index contributed by atoms with van der Waals surface area (Å²) in [5.41, 5.74) is 1.90. The van der Waals surface area contributed by atoms with Crippen molar-refractivity contribution >= 4 is 15.9 Å². The van der Waals surface area contributed by atoms with Crippen LogP contribution in [0.3, 0.4) is 0 Å². The molecular formula is C11H13BrN4. The number of hydrogen-bond donors (Lipinski definition) is 1. The van der Waals surface area contributed by atoms with E-state index >= 15 is 0 Å². The first kappa shape index (κ1) is 11.3. The van der Waals surface area contributed by atoms with Gasteiger partial charge in [0.1, 0.15) is 0 Å². The molecule has 0 atom stereocenters. The molecule has 0 amide bonds. The molecule has 1 heterocycles. The zero-order valence-electron chi connectivity index (χ0n) is 9.02. The Kier molecular flexibility index (Phi) is 3.69. The molecule has 1 aromatic heterocycles. The lowest BCUT2D eigenvalue weighted by molar-refractivity contribution is 0.684. The molecule has 0 saturated carbocycles. The second-order valence-electron chi connectivity index (χ2n) is 3.39. The number of nitrogens with zero attached hydrogens (tertiary/aromatic N) is 3. The van der Waals surface area contributed by atoms with Gasteiger partial charge in [-0.05, 0) is 24.7 Å². The van der Waals surface area contributed by atoms with Crippen LogP contribution in [0.5, 0.6) is 0 Å². The van der Waals surface area contributed by atoms with Crippen molar-refractivity contribution in [1.29, 1.82) is 0 Å². The normalized spacial score (nSPS) is 10.6. The molecule has 84 valence electrons. The van der Waals surface area contributed by atoms with Crippen LogP contribution in [0.25, 0.3) is 5.69 Å². The molecule has 0 unspecified atom stereocenters. The summed E-state index contributed by atoms with van der Waals surface area (Å²) in [6, 6.07) is 7.90. The van der Waals surface area contributed by atoms with Crippen LogP contribution in [-0.2, 0) is 6.54 Å². The van der Waals surface area contributed by atoms with Crippen molar-refractivity contribution in [2.75, 3.05) is 6.54 Å². The molecule has 0 aliphatic heterocycles. The van der Waals surface area contributed by atoms with Gasteiger partial charge >= 0.3 is 0 Å². The minimum Gasteiger partial charge on any atom is -0.311 e. The van der Waals surface area contributed by atoms with Crippen LogP contribution in [0.15, 0.2) is 34.9 Å². The molecule has 1 aromatic carbocycles. The molecule has 0 bridgehead atoms. The third-order valence-corrected chi connectivity index (χ3v) is 2.63. The van der Waals surface area contributed by atoms with Gasteiger partial charge in [0.15, 0.2) is 0 Å². The van der Waals surface area contributed by atoms with Gasteiger partial charge in [0, 0.05) is 11.0 Å². The fourth-order valence-corrected chi connectivity index (χ4v) is 1.74. The highest BCUT2D eigenvalue weighted by atomic mass is 79.9. The molecule has 2 aromatic rings. The Morgan fingerprint density at radius 3 is 3.06 bits per heavy atom. The van der Waals surface area contributed by atoms with Crippen LogP contribution in [-0.4, -0.2) is 21.5 Å². The minimum absolute atomic E-state index is 0.754. The van der Waals surface area contributed by atoms with Gasteiger partial charge in [-0.15, -0.1) is 0 Å². The molecule has 4 nitrogen and oxygen atoms in total. The van der Waals surface area contributed by atoms with E-state index in [1.54, 1.807) is 11.0 Å². The van der Waals surface area contributed by atoms with E-state index in [9.17, 15) is 0 Å². The maximum Gasteiger partial charge on any atom is 0.0969 e. The number of halogens is 1. The van der Waals surface area contributed by atoms with Gasteiger partial charge in [0.05, 0.1) is 17.6 Å². The van der Waals surface area contributed by atoms with E-state index in [1.165, 1.54) is 0 Å². The predicted octanol–water partition coefficient (Wildman–Crippen LogP) is 2.14. The Balaban J connectivity index is 2.18. The summed E-state index contributed by atoms with van der Waals surface area (Å²) in [4.78, 5) is 1.64. The van der Waals surface area contributed by atoms with Crippen molar-refractivity contribution in [1.82, 2.24) is 20.3 Å². The molecule has 0 fully saturated rings. The highest BCUT2D eigenvalue weighted by Gasteiger charge is 2.02. The van der Waals surface area contributed by atoms with Crippen LogP contribution in [0, 0.1) is 0 Å². The monoisotopic (exact) mass is 280 g/mol. The van der Waals surface area contributed by atoms with E-state index in [1.807, 2.05) is 24.3 Å². The number of hydrogen-bond acceptors (Lipinski definition) is 3. The fraction of sp³-hybridized carbons (Fsp3) is 0.273. The standard InChI is InChI=1S/C11H13BrN4/c1-2-13-7-10-8-14-16(15-10)11-5-3-4-9(12)6-11/h3-6,8,13H,2,7H2,1H3. The average molecular weight is 281 g/mol. The summed E-state index contributed by atoms with van der Waals surface area (Å²) in [5.74, 6) is 0. The van der Waals surface area contributed by atoms with Gasteiger partial charge in [-0.2, -0.15) is 15.0 Å². The quantitative estimate of drug-likeness (QED) is 0.933. The first-order valence-electron chi connectivity index (χ1n) is 5.17. The molecule has 2 rings (SSSR count). The van der Waals surface area contributed by atoms with Crippen LogP contribution < -0.4 is 5.32 Å². The summed E-state index contributed by atoms with van der Waals surface area (Å²) in [7, 11) is 0. The van der Waals surface area contributed by atoms with Gasteiger partial charge in [0.25, 0.3) is 0 Å². The predicted molar refractivity (Wildman–Crippen MR) is 66.4 cm³/mol. The molecular weight excluding hydrogens is 268 g/mol. The molecule has 1 N–H and O–H groups in total. The van der Waals surface area contributed by atoms with E-state index in [4.69, 9.17) is 0 Å². The van der Waals surface area contributed by atoms with Gasteiger partial charge < -0.3 is 5.32 Å². The van der Waals surface area contributed by atoms with E-state index in [2.05, 4.69) is 38.4 Å². The van der Waals surface area contributed by atoms with E-state index < -0.39 is 0 Å². The summed E-state index contributed by atoms with van der Waals surface area (Å²) in [6.07, 6.45) is 1.78. The van der Waals surface area contributed by atoms with Gasteiger partial charge in [-0.3, -0.25) is 0 Å². The number of benzene rings is 1. The summed E-state index contributed by atoms with van der Waals surface area (Å²) in [5, 5.41) is 11.8. The maximum atomic E-state index is 4.38. The third kappa shape index (κ3) is 2.68. The Morgan fingerprint density at radius 1 is 1.44 bits per heavy atom. The number of rotatable bonds is 4. The second kappa shape index (κ2) is 5.23. The van der Waals surface area contributed by atoms with Crippen LogP contribution >= 0.6 is 15.9 Å². The first-order valence-corrected chi connectivity index (χ1v) is 5.97. The summed E-state index contributed by atoms with van der Waals surface area (Å²) in [6.45, 7) is 3.76. The Morgan fingerprint density at radius 2 is 2.31 bits per heavy atom. The molecule has 0 spiro atoms. The van der Waals surface area contributed by atoms with Crippen LogP contribution in [0.1, 0.15) is 12.6 Å². The summed E-state index contributed by atoms with van der Waals surface area (Å²) < 4.78 is 1.02. The third-order valence-electron chi connectivity index (χ3n) is 2.13. The summed E-state index contributed by atoms with van der Waals surface area (Å²) >= 11 is 3.43. The smallest absolute Gasteiger partial charge is 0.0969 e. The van der Waals surface area contributed by atoms with Gasteiger partial charge in [0.2, 0.25) is 0 Å². The van der Waals surface area contributed by atoms with Crippen molar-refractivity contribution in [3.05, 3.63) is 40.6 Å². The van der Waals surface area contributed by atoms with Crippen LogP contribution in [0.2, 0.25) is 0 Å². The lowest BCUT2D eigenvalue weighted by Gasteiger charge is -1.99. The van der Waals surface area contributed by atoms with Crippen molar-refractivity contribution < 1.29 is 0 Å². The number of nitrogens with one attached hydrogen (secondary N) is 1. The highest BCUT2D eigenvalue weighted by molar-refractivity contribution is 9.10. The Labute approximate surface area is 103 Å². The largest absolute Gasteiger partial charge is 0.311 e. The van der Waals surface area contributed by atoms with E-state index in [-0.39, 0.29) is 0 Å². The first-order chi connectivity index (χ1) is 7.79. The zero-order chi connectivity index (χ0) is 11.4. The van der Waals surface area contributed by atoms with Gasteiger partial charge in [-0.25, -0.2) is 0 Å². The van der Waals surface area contributed by atoms with Crippen molar-refractivity contribution in [3.8, 4) is 5.69 Å². The minimum atomic E-state index is 0.754. The lowest BCUT2D eigenvalue weighted by Crippen LogP contribution is -2.12. The zero-order valence-corrected chi connectivity index (χ0v) is 10.6. The molecule has 0 aliphatic rings. The second-order valence-corrected chi connectivity index (χ2v) is 4.30. The molecule has 5 heteroatoms. The fourth-order valence-electron chi connectivity index (χ4n) is 1.35.